The van der Waals surface area contributed by atoms with Crippen LogP contribution in [-0.2, 0) is 33.6 Å². The van der Waals surface area contributed by atoms with E-state index in [0.29, 0.717) is 0 Å². The molecule has 4 unspecified atom stereocenters. The highest BCUT2D eigenvalue weighted by atomic mass is 32.1. The van der Waals surface area contributed by atoms with Gasteiger partial charge < -0.3 is 42.7 Å². The molecule has 4 atom stereocenters. The van der Waals surface area contributed by atoms with Crippen molar-refractivity contribution in [3.05, 3.63) is 0 Å². The Hall–Kier alpha value is -3.40. The lowest BCUT2D eigenvalue weighted by Gasteiger charge is -2.23. The smallest absolute Gasteiger partial charge is 0.326 e. The SMILES string of the molecule is NC(=O)CC(NC(=O)C(CC(=O)O)NC(=O)C(CS)NC(=O)C(N)CC(=O)O)C(=O)O. The van der Waals surface area contributed by atoms with Crippen molar-refractivity contribution in [2.45, 2.75) is 43.4 Å². The summed E-state index contributed by atoms with van der Waals surface area (Å²) in [4.78, 5) is 80.2. The maximum Gasteiger partial charge on any atom is 0.326 e. The molecule has 10 N–H and O–H groups in total. The normalized spacial score (nSPS) is 14.3. The van der Waals surface area contributed by atoms with Crippen LogP contribution in [0.15, 0.2) is 0 Å². The van der Waals surface area contributed by atoms with Gasteiger partial charge in [-0.1, -0.05) is 0 Å². The van der Waals surface area contributed by atoms with Crippen molar-refractivity contribution in [1.82, 2.24) is 16.0 Å². The molecule has 31 heavy (non-hydrogen) atoms. The number of hydrogen-bond acceptors (Lipinski definition) is 9. The van der Waals surface area contributed by atoms with E-state index >= 15 is 0 Å². The third-order valence-electron chi connectivity index (χ3n) is 3.58. The summed E-state index contributed by atoms with van der Waals surface area (Å²) < 4.78 is 0. The van der Waals surface area contributed by atoms with Crippen molar-refractivity contribution in [3.8, 4) is 0 Å². The van der Waals surface area contributed by atoms with Gasteiger partial charge in [0.2, 0.25) is 23.6 Å². The highest BCUT2D eigenvalue weighted by Gasteiger charge is 2.31. The first-order valence-corrected chi connectivity index (χ1v) is 9.13. The Morgan fingerprint density at radius 3 is 1.58 bits per heavy atom. The fraction of sp³-hybridized carbons (Fsp3) is 0.533. The number of nitrogens with one attached hydrogen (secondary N) is 3. The van der Waals surface area contributed by atoms with E-state index in [1.165, 1.54) is 0 Å². The standard InChI is InChI=1S/C15H23N5O10S/c16-5(1-10(22)23)12(26)20-8(4-31)14(28)18-6(3-11(24)25)13(27)19-7(15(29)30)2-9(17)21/h5-8,31H,1-4,16H2,(H2,17,21)(H,18,28)(H,19,27)(H,20,26)(H,22,23)(H,24,25)(H,29,30). The molecule has 174 valence electrons. The molecule has 0 heterocycles. The van der Waals surface area contributed by atoms with Gasteiger partial charge in [-0.05, 0) is 0 Å². The lowest BCUT2D eigenvalue weighted by molar-refractivity contribution is -0.144. The zero-order chi connectivity index (χ0) is 24.3. The van der Waals surface area contributed by atoms with Crippen LogP contribution in [0.2, 0.25) is 0 Å². The van der Waals surface area contributed by atoms with E-state index < -0.39 is 85.0 Å². The fourth-order valence-corrected chi connectivity index (χ4v) is 2.34. The quantitative estimate of drug-likeness (QED) is 0.110. The van der Waals surface area contributed by atoms with Gasteiger partial charge in [0.1, 0.15) is 18.1 Å². The van der Waals surface area contributed by atoms with Gasteiger partial charge in [-0.15, -0.1) is 0 Å². The minimum atomic E-state index is -1.79. The second kappa shape index (κ2) is 13.0. The van der Waals surface area contributed by atoms with Crippen LogP contribution in [0.4, 0.5) is 0 Å². The molecule has 0 aromatic rings. The number of rotatable bonds is 14. The van der Waals surface area contributed by atoms with Crippen LogP contribution in [0.3, 0.4) is 0 Å². The molecule has 0 fully saturated rings. The van der Waals surface area contributed by atoms with Gasteiger partial charge in [-0.3, -0.25) is 28.8 Å². The summed E-state index contributed by atoms with van der Waals surface area (Å²) >= 11 is 3.85. The van der Waals surface area contributed by atoms with Gasteiger partial charge >= 0.3 is 17.9 Å². The van der Waals surface area contributed by atoms with Crippen LogP contribution in [0.5, 0.6) is 0 Å². The lowest BCUT2D eigenvalue weighted by atomic mass is 10.1. The van der Waals surface area contributed by atoms with Crippen LogP contribution in [0.1, 0.15) is 19.3 Å². The third-order valence-corrected chi connectivity index (χ3v) is 3.94. The number of thiol groups is 1. The number of carbonyl (C=O) groups is 7. The molecule has 4 amide bonds. The van der Waals surface area contributed by atoms with Crippen molar-refractivity contribution in [2.24, 2.45) is 11.5 Å². The number of carboxylic acid groups (broad SMARTS) is 3. The fourth-order valence-electron chi connectivity index (χ4n) is 2.08. The summed E-state index contributed by atoms with van der Waals surface area (Å²) in [6.45, 7) is 0. The average Bonchev–Trinajstić information content (AvgIpc) is 2.62. The molecule has 0 radical (unpaired) electrons. The monoisotopic (exact) mass is 465 g/mol. The Morgan fingerprint density at radius 1 is 0.710 bits per heavy atom. The van der Waals surface area contributed by atoms with E-state index in [1.54, 1.807) is 0 Å². The Balaban J connectivity index is 5.32. The molecule has 0 saturated carbocycles. The van der Waals surface area contributed by atoms with Gasteiger partial charge in [0, 0.05) is 5.75 Å². The molecule has 0 aliphatic rings. The van der Waals surface area contributed by atoms with E-state index in [9.17, 15) is 33.6 Å². The molecule has 0 spiro atoms. The van der Waals surface area contributed by atoms with E-state index in [4.69, 9.17) is 26.8 Å². The number of amides is 4. The largest absolute Gasteiger partial charge is 0.481 e. The summed E-state index contributed by atoms with van der Waals surface area (Å²) in [6, 6.07) is -6.48. The molecule has 0 saturated heterocycles. The Labute approximate surface area is 180 Å². The topological polar surface area (TPSA) is 268 Å². The lowest BCUT2D eigenvalue weighted by Crippen LogP contribution is -2.58. The Kier molecular flexibility index (Phi) is 11.6. The molecule has 0 aliphatic heterocycles. The van der Waals surface area contributed by atoms with E-state index in [1.807, 2.05) is 10.6 Å². The highest BCUT2D eigenvalue weighted by molar-refractivity contribution is 7.80. The number of hydrogen-bond donors (Lipinski definition) is 9. The highest BCUT2D eigenvalue weighted by Crippen LogP contribution is 2.01. The van der Waals surface area contributed by atoms with Crippen LogP contribution in [0, 0.1) is 0 Å². The van der Waals surface area contributed by atoms with E-state index in [-0.39, 0.29) is 5.75 Å². The Bertz CT molecular complexity index is 746. The summed E-state index contributed by atoms with van der Waals surface area (Å²) in [5.74, 6) is -9.23. The number of carbonyl (C=O) groups excluding carboxylic acids is 4. The molecule has 0 rings (SSSR count). The van der Waals surface area contributed by atoms with Crippen LogP contribution >= 0.6 is 12.6 Å². The van der Waals surface area contributed by atoms with Crippen LogP contribution in [0.25, 0.3) is 0 Å². The minimum Gasteiger partial charge on any atom is -0.481 e. The van der Waals surface area contributed by atoms with Crippen molar-refractivity contribution >= 4 is 54.2 Å². The summed E-state index contributed by atoms with van der Waals surface area (Å²) in [6.07, 6.45) is -2.48. The average molecular weight is 465 g/mol. The zero-order valence-electron chi connectivity index (χ0n) is 15.9. The first-order chi connectivity index (χ1) is 14.3. The van der Waals surface area contributed by atoms with Crippen LogP contribution in [-0.4, -0.2) is 86.8 Å². The van der Waals surface area contributed by atoms with E-state index in [2.05, 4.69) is 17.9 Å². The zero-order valence-corrected chi connectivity index (χ0v) is 16.8. The summed E-state index contributed by atoms with van der Waals surface area (Å²) in [7, 11) is 0. The van der Waals surface area contributed by atoms with Crippen LogP contribution < -0.4 is 27.4 Å². The second-order valence-corrected chi connectivity index (χ2v) is 6.54. The van der Waals surface area contributed by atoms with Gasteiger partial charge in [-0.25, -0.2) is 4.79 Å². The maximum absolute atomic E-state index is 12.4. The van der Waals surface area contributed by atoms with Crippen molar-refractivity contribution in [2.75, 3.05) is 5.75 Å². The van der Waals surface area contributed by atoms with E-state index in [0.717, 1.165) is 0 Å². The summed E-state index contributed by atoms with van der Waals surface area (Å²) in [5, 5.41) is 32.6. The number of primary amides is 1. The first-order valence-electron chi connectivity index (χ1n) is 8.50. The molecule has 0 aliphatic carbocycles. The second-order valence-electron chi connectivity index (χ2n) is 6.18. The van der Waals surface area contributed by atoms with Crippen molar-refractivity contribution < 1.29 is 48.9 Å². The molecule has 0 aromatic heterocycles. The van der Waals surface area contributed by atoms with Crippen molar-refractivity contribution in [1.29, 1.82) is 0 Å². The number of carboxylic acids is 3. The molecule has 15 nitrogen and oxygen atoms in total. The first kappa shape index (κ1) is 27.6. The molecular formula is C15H23N5O10S. The summed E-state index contributed by atoms with van der Waals surface area (Å²) in [5.41, 5.74) is 10.3. The predicted octanol–water partition coefficient (Wildman–Crippen LogP) is -4.39. The van der Waals surface area contributed by atoms with Crippen molar-refractivity contribution in [3.63, 3.8) is 0 Å². The van der Waals surface area contributed by atoms with Gasteiger partial charge in [-0.2, -0.15) is 12.6 Å². The number of aliphatic carboxylic acids is 3. The molecular weight excluding hydrogens is 442 g/mol. The molecule has 0 bridgehead atoms. The Morgan fingerprint density at radius 2 is 1.16 bits per heavy atom. The minimum absolute atomic E-state index is 0.335. The molecule has 0 aromatic carbocycles. The molecule has 16 heteroatoms. The number of nitrogens with two attached hydrogens (primary N) is 2. The van der Waals surface area contributed by atoms with Gasteiger partial charge in [0.05, 0.1) is 25.3 Å². The third kappa shape index (κ3) is 10.8. The predicted molar refractivity (Wildman–Crippen MR) is 104 cm³/mol. The van der Waals surface area contributed by atoms with Gasteiger partial charge in [0.25, 0.3) is 0 Å². The van der Waals surface area contributed by atoms with Gasteiger partial charge in [0.15, 0.2) is 0 Å². The maximum atomic E-state index is 12.4.